The van der Waals surface area contributed by atoms with Gasteiger partial charge in [0.2, 0.25) is 11.8 Å². The molecule has 1 aliphatic rings. The Morgan fingerprint density at radius 1 is 1.41 bits per heavy atom. The van der Waals surface area contributed by atoms with Crippen molar-refractivity contribution in [3.05, 3.63) is 0 Å². The number of nitrogens with zero attached hydrogens (tertiary/aromatic N) is 1. The molecule has 0 aromatic heterocycles. The lowest BCUT2D eigenvalue weighted by atomic mass is 10.3. The zero-order chi connectivity index (χ0) is 12.8. The van der Waals surface area contributed by atoms with E-state index in [1.165, 1.54) is 6.92 Å². The van der Waals surface area contributed by atoms with Gasteiger partial charge in [0.05, 0.1) is 11.5 Å². The van der Waals surface area contributed by atoms with Crippen molar-refractivity contribution < 1.29 is 19.5 Å². The van der Waals surface area contributed by atoms with Crippen LogP contribution in [0, 0.1) is 0 Å². The minimum absolute atomic E-state index is 0.0286. The van der Waals surface area contributed by atoms with Crippen LogP contribution >= 0.6 is 11.8 Å². The third kappa shape index (κ3) is 5.08. The Morgan fingerprint density at radius 2 is 2.12 bits per heavy atom. The van der Waals surface area contributed by atoms with E-state index < -0.39 is 5.97 Å². The summed E-state index contributed by atoms with van der Waals surface area (Å²) in [6.45, 7) is 2.59. The highest BCUT2D eigenvalue weighted by Gasteiger charge is 2.26. The van der Waals surface area contributed by atoms with Crippen molar-refractivity contribution in [3.8, 4) is 0 Å². The number of thioether (sulfide) groups is 1. The molecule has 1 saturated heterocycles. The molecule has 6 nitrogen and oxygen atoms in total. The second-order valence-electron chi connectivity index (χ2n) is 3.91. The van der Waals surface area contributed by atoms with Crippen LogP contribution in [0.15, 0.2) is 0 Å². The van der Waals surface area contributed by atoms with Gasteiger partial charge in [-0.15, -0.1) is 11.8 Å². The van der Waals surface area contributed by atoms with Crippen molar-refractivity contribution in [2.75, 3.05) is 24.6 Å². The third-order valence-corrected chi connectivity index (χ3v) is 3.30. The smallest absolute Gasteiger partial charge is 0.313 e. The van der Waals surface area contributed by atoms with Crippen LogP contribution in [-0.4, -0.2) is 58.4 Å². The number of rotatable bonds is 5. The molecule has 17 heavy (non-hydrogen) atoms. The molecular formula is C10H16N2O4S. The van der Waals surface area contributed by atoms with Gasteiger partial charge in [-0.1, -0.05) is 0 Å². The fourth-order valence-electron chi connectivity index (χ4n) is 1.71. The molecule has 1 unspecified atom stereocenters. The third-order valence-electron chi connectivity index (χ3n) is 2.40. The van der Waals surface area contributed by atoms with Crippen molar-refractivity contribution in [2.24, 2.45) is 0 Å². The molecule has 96 valence electrons. The molecule has 1 heterocycles. The standard InChI is InChI=1S/C10H16N2O4S/c1-7(13)11-8-2-3-12(4-8)9(14)5-17-6-10(15)16/h8H,2-6H2,1H3,(H,11,13)(H,15,16). The molecule has 1 rings (SSSR count). The molecular weight excluding hydrogens is 244 g/mol. The predicted molar refractivity (Wildman–Crippen MR) is 63.8 cm³/mol. The summed E-state index contributed by atoms with van der Waals surface area (Å²) in [7, 11) is 0. The summed E-state index contributed by atoms with van der Waals surface area (Å²) in [5, 5.41) is 11.2. The molecule has 0 aromatic carbocycles. The van der Waals surface area contributed by atoms with E-state index in [1.807, 2.05) is 0 Å². The molecule has 0 spiro atoms. The maximum atomic E-state index is 11.7. The number of carboxylic acids is 1. The second-order valence-corrected chi connectivity index (χ2v) is 4.90. The molecule has 0 saturated carbocycles. The van der Waals surface area contributed by atoms with Crippen LogP contribution in [0.25, 0.3) is 0 Å². The van der Waals surface area contributed by atoms with Crippen LogP contribution in [0.3, 0.4) is 0 Å². The lowest BCUT2D eigenvalue weighted by Gasteiger charge is -2.16. The fourth-order valence-corrected chi connectivity index (χ4v) is 2.34. The maximum absolute atomic E-state index is 11.7. The minimum Gasteiger partial charge on any atom is -0.481 e. The average molecular weight is 260 g/mol. The van der Waals surface area contributed by atoms with Crippen LogP contribution in [0.4, 0.5) is 0 Å². The number of amides is 2. The number of carbonyl (C=O) groups is 3. The van der Waals surface area contributed by atoms with Gasteiger partial charge >= 0.3 is 5.97 Å². The number of aliphatic carboxylic acids is 1. The van der Waals surface area contributed by atoms with Gasteiger partial charge in [0.1, 0.15) is 0 Å². The maximum Gasteiger partial charge on any atom is 0.313 e. The predicted octanol–water partition coefficient (Wildman–Crippen LogP) is -0.459. The summed E-state index contributed by atoms with van der Waals surface area (Å²) in [4.78, 5) is 34.4. The summed E-state index contributed by atoms with van der Waals surface area (Å²) in [6, 6.07) is 0.0286. The summed E-state index contributed by atoms with van der Waals surface area (Å²) in [6.07, 6.45) is 0.759. The Bertz CT molecular complexity index is 321. The van der Waals surface area contributed by atoms with E-state index in [9.17, 15) is 14.4 Å². The first-order chi connectivity index (χ1) is 7.99. The summed E-state index contributed by atoms with van der Waals surface area (Å²) < 4.78 is 0. The molecule has 1 fully saturated rings. The molecule has 2 amide bonds. The first kappa shape index (κ1) is 13.8. The Morgan fingerprint density at radius 3 is 2.71 bits per heavy atom. The van der Waals surface area contributed by atoms with E-state index in [0.29, 0.717) is 13.1 Å². The van der Waals surface area contributed by atoms with Crippen LogP contribution in [0.2, 0.25) is 0 Å². The molecule has 1 atom stereocenters. The highest BCUT2D eigenvalue weighted by atomic mass is 32.2. The van der Waals surface area contributed by atoms with Gasteiger partial charge in [0.15, 0.2) is 0 Å². The molecule has 0 aliphatic carbocycles. The van der Waals surface area contributed by atoms with Gasteiger partial charge in [-0.2, -0.15) is 0 Å². The van der Waals surface area contributed by atoms with E-state index >= 15 is 0 Å². The van der Waals surface area contributed by atoms with Gasteiger partial charge in [0.25, 0.3) is 0 Å². The number of hydrogen-bond donors (Lipinski definition) is 2. The number of carboxylic acid groups (broad SMARTS) is 1. The number of carbonyl (C=O) groups excluding carboxylic acids is 2. The first-order valence-corrected chi connectivity index (χ1v) is 6.49. The molecule has 0 radical (unpaired) electrons. The zero-order valence-electron chi connectivity index (χ0n) is 9.64. The minimum atomic E-state index is -0.916. The number of nitrogens with one attached hydrogen (secondary N) is 1. The Labute approximate surface area is 104 Å². The summed E-state index contributed by atoms with van der Waals surface area (Å²) >= 11 is 1.09. The molecule has 0 bridgehead atoms. The first-order valence-electron chi connectivity index (χ1n) is 5.33. The van der Waals surface area contributed by atoms with Crippen molar-refractivity contribution >= 4 is 29.5 Å². The quantitative estimate of drug-likeness (QED) is 0.698. The van der Waals surface area contributed by atoms with Gasteiger partial charge in [-0.3, -0.25) is 14.4 Å². The highest BCUT2D eigenvalue weighted by molar-refractivity contribution is 8.00. The SMILES string of the molecule is CC(=O)NC1CCN(C(=O)CSCC(=O)O)C1. The normalized spacial score (nSPS) is 19.1. The molecule has 2 N–H and O–H groups in total. The Balaban J connectivity index is 2.25. The zero-order valence-corrected chi connectivity index (χ0v) is 10.5. The summed E-state index contributed by atoms with van der Waals surface area (Å²) in [5.41, 5.74) is 0. The molecule has 0 aromatic rings. The van der Waals surface area contributed by atoms with Gasteiger partial charge in [0, 0.05) is 26.1 Å². The monoisotopic (exact) mass is 260 g/mol. The van der Waals surface area contributed by atoms with Crippen LogP contribution in [0.5, 0.6) is 0 Å². The van der Waals surface area contributed by atoms with E-state index in [0.717, 1.165) is 18.2 Å². The molecule has 7 heteroatoms. The average Bonchev–Trinajstić information content (AvgIpc) is 2.64. The van der Waals surface area contributed by atoms with Crippen molar-refractivity contribution in [1.82, 2.24) is 10.2 Å². The van der Waals surface area contributed by atoms with Crippen LogP contribution in [-0.2, 0) is 14.4 Å². The lowest BCUT2D eigenvalue weighted by molar-refractivity contribution is -0.134. The van der Waals surface area contributed by atoms with E-state index in [-0.39, 0.29) is 29.4 Å². The second kappa shape index (κ2) is 6.48. The van der Waals surface area contributed by atoms with Gasteiger partial charge in [-0.25, -0.2) is 0 Å². The van der Waals surface area contributed by atoms with E-state index in [1.54, 1.807) is 4.90 Å². The molecule has 1 aliphatic heterocycles. The largest absolute Gasteiger partial charge is 0.481 e. The van der Waals surface area contributed by atoms with E-state index in [4.69, 9.17) is 5.11 Å². The van der Waals surface area contributed by atoms with Crippen molar-refractivity contribution in [2.45, 2.75) is 19.4 Å². The summed E-state index contributed by atoms with van der Waals surface area (Å²) in [5.74, 6) is -0.956. The van der Waals surface area contributed by atoms with Crippen LogP contribution < -0.4 is 5.32 Å². The van der Waals surface area contributed by atoms with Gasteiger partial charge in [-0.05, 0) is 6.42 Å². The number of likely N-dealkylation sites (tertiary alicyclic amines) is 1. The lowest BCUT2D eigenvalue weighted by Crippen LogP contribution is -2.37. The van der Waals surface area contributed by atoms with E-state index in [2.05, 4.69) is 5.32 Å². The Hall–Kier alpha value is -1.24. The van der Waals surface area contributed by atoms with Gasteiger partial charge < -0.3 is 15.3 Å². The van der Waals surface area contributed by atoms with Crippen molar-refractivity contribution in [1.29, 1.82) is 0 Å². The fraction of sp³-hybridized carbons (Fsp3) is 0.700. The van der Waals surface area contributed by atoms with Crippen LogP contribution in [0.1, 0.15) is 13.3 Å². The highest BCUT2D eigenvalue weighted by Crippen LogP contribution is 2.11. The Kier molecular flexibility index (Phi) is 5.27. The topological polar surface area (TPSA) is 86.7 Å². The van der Waals surface area contributed by atoms with Crippen molar-refractivity contribution in [3.63, 3.8) is 0 Å². The number of hydrogen-bond acceptors (Lipinski definition) is 4.